The maximum Gasteiger partial charge on any atom is 0.109 e. The number of fused-ring (bicyclic) bond motifs is 3. The zero-order valence-corrected chi connectivity index (χ0v) is 14.0. The monoisotopic (exact) mass is 325 g/mol. The highest BCUT2D eigenvalue weighted by Crippen LogP contribution is 2.29. The summed E-state index contributed by atoms with van der Waals surface area (Å²) < 4.78 is 7.66. The number of ether oxygens (including phenoxy) is 1. The molecule has 0 unspecified atom stereocenters. The number of aromatic nitrogens is 3. The maximum absolute atomic E-state index is 10.8. The molecular weight excluding hydrogens is 302 g/mol. The Morgan fingerprint density at radius 2 is 2.00 bits per heavy atom. The summed E-state index contributed by atoms with van der Waals surface area (Å²) >= 11 is 0. The first-order valence-corrected chi connectivity index (χ1v) is 8.73. The molecule has 0 bridgehead atoms. The first-order chi connectivity index (χ1) is 11.7. The Balaban J connectivity index is 1.76. The van der Waals surface area contributed by atoms with E-state index in [0.29, 0.717) is 26.1 Å². The molecule has 0 spiro atoms. The van der Waals surface area contributed by atoms with Gasteiger partial charge in [-0.1, -0.05) is 25.1 Å². The summed E-state index contributed by atoms with van der Waals surface area (Å²) in [6, 6.07) is 8.18. The third-order valence-corrected chi connectivity index (χ3v) is 5.10. The molecule has 0 saturated carbocycles. The molecule has 1 aliphatic rings. The van der Waals surface area contributed by atoms with E-state index in [0.717, 1.165) is 47.1 Å². The molecule has 1 aliphatic heterocycles. The second-order valence-corrected chi connectivity index (χ2v) is 6.63. The number of hydrogen-bond donors (Lipinski definition) is 1. The molecule has 0 amide bonds. The number of imidazole rings is 1. The Bertz CT molecular complexity index is 866. The lowest BCUT2D eigenvalue weighted by Gasteiger charge is -2.32. The molecule has 0 aliphatic carbocycles. The van der Waals surface area contributed by atoms with Gasteiger partial charge in [0.05, 0.1) is 22.8 Å². The zero-order chi connectivity index (χ0) is 16.6. The van der Waals surface area contributed by atoms with Gasteiger partial charge in [0.15, 0.2) is 0 Å². The highest BCUT2D eigenvalue weighted by Gasteiger charge is 2.30. The van der Waals surface area contributed by atoms with Crippen molar-refractivity contribution in [3.8, 4) is 0 Å². The minimum Gasteiger partial charge on any atom is -0.390 e. The van der Waals surface area contributed by atoms with Crippen LogP contribution in [0, 0.1) is 0 Å². The topological polar surface area (TPSA) is 60.2 Å². The summed E-state index contributed by atoms with van der Waals surface area (Å²) in [6.45, 7) is 4.18. The molecule has 1 saturated heterocycles. The molecular formula is C19H23N3O2. The Hall–Kier alpha value is -1.98. The number of aryl methyl sites for hydroxylation is 2. The van der Waals surface area contributed by atoms with Gasteiger partial charge in [-0.2, -0.15) is 0 Å². The van der Waals surface area contributed by atoms with E-state index in [9.17, 15) is 5.11 Å². The average Bonchev–Trinajstić information content (AvgIpc) is 2.99. The van der Waals surface area contributed by atoms with E-state index < -0.39 is 5.60 Å². The summed E-state index contributed by atoms with van der Waals surface area (Å²) in [4.78, 5) is 9.28. The van der Waals surface area contributed by atoms with E-state index in [-0.39, 0.29) is 0 Å². The van der Waals surface area contributed by atoms with Crippen LogP contribution < -0.4 is 0 Å². The van der Waals surface area contributed by atoms with Crippen molar-refractivity contribution >= 4 is 21.9 Å². The van der Waals surface area contributed by atoms with Crippen LogP contribution in [0.25, 0.3) is 21.9 Å². The fraction of sp³-hybridized carbons (Fsp3) is 0.474. The van der Waals surface area contributed by atoms with Crippen LogP contribution >= 0.6 is 0 Å². The summed E-state index contributed by atoms with van der Waals surface area (Å²) in [5.41, 5.74) is 2.43. The fourth-order valence-corrected chi connectivity index (χ4v) is 3.64. The fourth-order valence-electron chi connectivity index (χ4n) is 3.64. The van der Waals surface area contributed by atoms with Crippen molar-refractivity contribution in [2.24, 2.45) is 0 Å². The molecule has 3 aromatic rings. The quantitative estimate of drug-likeness (QED) is 0.801. The van der Waals surface area contributed by atoms with Crippen LogP contribution in [-0.2, 0) is 17.7 Å². The summed E-state index contributed by atoms with van der Waals surface area (Å²) in [5.74, 6) is 1.05. The van der Waals surface area contributed by atoms with Gasteiger partial charge >= 0.3 is 0 Å². The van der Waals surface area contributed by atoms with Gasteiger partial charge in [-0.15, -0.1) is 0 Å². The maximum atomic E-state index is 10.8. The molecule has 5 heteroatoms. The van der Waals surface area contributed by atoms with Gasteiger partial charge in [-0.05, 0) is 25.3 Å². The van der Waals surface area contributed by atoms with Crippen molar-refractivity contribution in [1.82, 2.24) is 14.5 Å². The van der Waals surface area contributed by atoms with E-state index in [2.05, 4.69) is 22.5 Å². The van der Waals surface area contributed by atoms with Crippen LogP contribution in [0.5, 0.6) is 0 Å². The van der Waals surface area contributed by atoms with Gasteiger partial charge in [0.1, 0.15) is 11.3 Å². The van der Waals surface area contributed by atoms with Gasteiger partial charge in [0.25, 0.3) is 0 Å². The van der Waals surface area contributed by atoms with Crippen molar-refractivity contribution < 1.29 is 9.84 Å². The molecule has 2 aromatic heterocycles. The van der Waals surface area contributed by atoms with Crippen molar-refractivity contribution in [3.05, 3.63) is 36.3 Å². The van der Waals surface area contributed by atoms with E-state index in [4.69, 9.17) is 9.72 Å². The first kappa shape index (κ1) is 15.5. The average molecular weight is 325 g/mol. The number of nitrogens with zero attached hydrogens (tertiary/aromatic N) is 3. The predicted molar refractivity (Wildman–Crippen MR) is 94.0 cm³/mol. The Morgan fingerprint density at radius 1 is 1.21 bits per heavy atom. The zero-order valence-electron chi connectivity index (χ0n) is 14.0. The standard InChI is InChI=1S/C19H23N3O2/c1-2-17-21-16-13-20-15-6-4-3-5-14(15)18(16)22(17)10-7-19(23)8-11-24-12-9-19/h3-6,13,23H,2,7-12H2,1H3. The van der Waals surface area contributed by atoms with Crippen LogP contribution in [0.1, 0.15) is 32.0 Å². The van der Waals surface area contributed by atoms with Gasteiger partial charge in [-0.3, -0.25) is 4.98 Å². The number of rotatable bonds is 4. The molecule has 1 N–H and O–H groups in total. The second kappa shape index (κ2) is 6.15. The number of pyridine rings is 1. The van der Waals surface area contributed by atoms with Crippen LogP contribution in [0.2, 0.25) is 0 Å². The number of hydrogen-bond acceptors (Lipinski definition) is 4. The lowest BCUT2D eigenvalue weighted by molar-refractivity contribution is -0.0698. The third kappa shape index (κ3) is 2.68. The molecule has 1 aromatic carbocycles. The van der Waals surface area contributed by atoms with Crippen molar-refractivity contribution in [2.45, 2.75) is 44.8 Å². The highest BCUT2D eigenvalue weighted by molar-refractivity contribution is 6.02. The Morgan fingerprint density at radius 3 is 2.79 bits per heavy atom. The van der Waals surface area contributed by atoms with Gasteiger partial charge in [-0.25, -0.2) is 4.98 Å². The molecule has 1 fully saturated rings. The summed E-state index contributed by atoms with van der Waals surface area (Å²) in [5, 5.41) is 11.9. The normalized spacial score (nSPS) is 17.6. The first-order valence-electron chi connectivity index (χ1n) is 8.73. The number of benzene rings is 1. The second-order valence-electron chi connectivity index (χ2n) is 6.63. The highest BCUT2D eigenvalue weighted by atomic mass is 16.5. The SMILES string of the molecule is CCc1nc2cnc3ccccc3c2n1CCC1(O)CCOCC1. The number of aliphatic hydroxyl groups is 1. The smallest absolute Gasteiger partial charge is 0.109 e. The summed E-state index contributed by atoms with van der Waals surface area (Å²) in [6.07, 6.45) is 4.87. The minimum absolute atomic E-state index is 0.622. The van der Waals surface area contributed by atoms with Crippen molar-refractivity contribution in [3.63, 3.8) is 0 Å². The van der Waals surface area contributed by atoms with Crippen LogP contribution in [0.3, 0.4) is 0 Å². The lowest BCUT2D eigenvalue weighted by Crippen LogP contribution is -2.37. The van der Waals surface area contributed by atoms with E-state index >= 15 is 0 Å². The van der Waals surface area contributed by atoms with E-state index in [1.54, 1.807) is 0 Å². The third-order valence-electron chi connectivity index (χ3n) is 5.10. The summed E-state index contributed by atoms with van der Waals surface area (Å²) in [7, 11) is 0. The van der Waals surface area contributed by atoms with Crippen LogP contribution in [-0.4, -0.2) is 38.5 Å². The minimum atomic E-state index is -0.622. The predicted octanol–water partition coefficient (Wildman–Crippen LogP) is 3.08. The largest absolute Gasteiger partial charge is 0.390 e. The molecule has 5 nitrogen and oxygen atoms in total. The molecule has 0 atom stereocenters. The molecule has 4 rings (SSSR count). The van der Waals surface area contributed by atoms with Crippen LogP contribution in [0.4, 0.5) is 0 Å². The van der Waals surface area contributed by atoms with Gasteiger partial charge in [0, 0.05) is 31.6 Å². The van der Waals surface area contributed by atoms with Gasteiger partial charge < -0.3 is 14.4 Å². The molecule has 24 heavy (non-hydrogen) atoms. The van der Waals surface area contributed by atoms with E-state index in [1.165, 1.54) is 0 Å². The Kier molecular flexibility index (Phi) is 3.98. The molecule has 0 radical (unpaired) electrons. The van der Waals surface area contributed by atoms with Crippen LogP contribution in [0.15, 0.2) is 30.5 Å². The molecule has 126 valence electrons. The van der Waals surface area contributed by atoms with Gasteiger partial charge in [0.2, 0.25) is 0 Å². The van der Waals surface area contributed by atoms with Crippen molar-refractivity contribution in [1.29, 1.82) is 0 Å². The van der Waals surface area contributed by atoms with Crippen molar-refractivity contribution in [2.75, 3.05) is 13.2 Å². The molecule has 3 heterocycles. The lowest BCUT2D eigenvalue weighted by atomic mass is 9.91. The Labute approximate surface area is 141 Å². The number of para-hydroxylation sites is 1. The van der Waals surface area contributed by atoms with E-state index in [1.807, 2.05) is 24.4 Å².